The lowest BCUT2D eigenvalue weighted by Gasteiger charge is -2.23. The maximum absolute atomic E-state index is 10.9. The van der Waals surface area contributed by atoms with E-state index in [4.69, 9.17) is 16.7 Å². The van der Waals surface area contributed by atoms with Crippen molar-refractivity contribution in [2.75, 3.05) is 6.54 Å². The zero-order valence-electron chi connectivity index (χ0n) is 11.2. The summed E-state index contributed by atoms with van der Waals surface area (Å²) >= 11 is 5.94. The molecule has 0 aliphatic heterocycles. The summed E-state index contributed by atoms with van der Waals surface area (Å²) in [5.74, 6) is -0.932. The lowest BCUT2D eigenvalue weighted by atomic mass is 9.98. The van der Waals surface area contributed by atoms with Crippen LogP contribution in [-0.4, -0.2) is 28.8 Å². The average Bonchev–Trinajstić information content (AvgIpc) is 2.36. The number of carboxylic acids is 1. The first-order chi connectivity index (χ1) is 8.95. The normalized spacial score (nSPS) is 14.1. The summed E-state index contributed by atoms with van der Waals surface area (Å²) in [6, 6.07) is 4.73. The monoisotopic (exact) mass is 285 g/mol. The Hall–Kier alpha value is -1.10. The van der Waals surface area contributed by atoms with Crippen molar-refractivity contribution in [1.29, 1.82) is 0 Å². The van der Waals surface area contributed by atoms with Crippen molar-refractivity contribution in [2.24, 2.45) is 0 Å². The summed E-state index contributed by atoms with van der Waals surface area (Å²) in [7, 11) is 0. The van der Waals surface area contributed by atoms with Crippen molar-refractivity contribution >= 4 is 17.6 Å². The molecule has 5 heteroatoms. The second kappa shape index (κ2) is 7.48. The summed E-state index contributed by atoms with van der Waals surface area (Å²) in [5.41, 5.74) is 1.54. The smallest absolute Gasteiger partial charge is 0.305 e. The third-order valence-corrected chi connectivity index (χ3v) is 3.38. The lowest BCUT2D eigenvalue weighted by molar-refractivity contribution is -0.138. The number of rotatable bonds is 7. The van der Waals surface area contributed by atoms with Crippen LogP contribution >= 0.6 is 11.6 Å². The molecule has 2 unspecified atom stereocenters. The van der Waals surface area contributed by atoms with E-state index in [-0.39, 0.29) is 6.42 Å². The molecule has 0 fully saturated rings. The van der Waals surface area contributed by atoms with Gasteiger partial charge in [0.2, 0.25) is 0 Å². The van der Waals surface area contributed by atoms with Crippen LogP contribution in [0.4, 0.5) is 0 Å². The van der Waals surface area contributed by atoms with Crippen LogP contribution in [-0.2, 0) is 4.79 Å². The predicted molar refractivity (Wildman–Crippen MR) is 75.5 cm³/mol. The van der Waals surface area contributed by atoms with Crippen LogP contribution < -0.4 is 5.32 Å². The molecule has 0 saturated heterocycles. The largest absolute Gasteiger partial charge is 0.481 e. The van der Waals surface area contributed by atoms with Gasteiger partial charge in [0, 0.05) is 11.1 Å². The van der Waals surface area contributed by atoms with E-state index in [1.165, 1.54) is 0 Å². The zero-order valence-corrected chi connectivity index (χ0v) is 11.9. The minimum absolute atomic E-state index is 0.122. The number of carbonyl (C=O) groups is 1. The van der Waals surface area contributed by atoms with E-state index < -0.39 is 18.1 Å². The maximum Gasteiger partial charge on any atom is 0.305 e. The molecule has 0 bridgehead atoms. The van der Waals surface area contributed by atoms with Crippen LogP contribution in [0.1, 0.15) is 37.0 Å². The predicted octanol–water partition coefficient (Wildman–Crippen LogP) is 2.52. The van der Waals surface area contributed by atoms with Gasteiger partial charge in [-0.2, -0.15) is 0 Å². The highest BCUT2D eigenvalue weighted by Gasteiger charge is 2.23. The van der Waals surface area contributed by atoms with Gasteiger partial charge in [-0.15, -0.1) is 0 Å². The van der Waals surface area contributed by atoms with E-state index >= 15 is 0 Å². The fourth-order valence-electron chi connectivity index (χ4n) is 1.90. The van der Waals surface area contributed by atoms with E-state index in [2.05, 4.69) is 5.32 Å². The van der Waals surface area contributed by atoms with E-state index in [0.717, 1.165) is 12.0 Å². The number of aliphatic hydroxyl groups is 1. The van der Waals surface area contributed by atoms with E-state index in [9.17, 15) is 9.90 Å². The second-order valence-corrected chi connectivity index (χ2v) is 5.02. The van der Waals surface area contributed by atoms with E-state index in [0.29, 0.717) is 17.1 Å². The molecule has 0 heterocycles. The number of hydrogen-bond donors (Lipinski definition) is 3. The van der Waals surface area contributed by atoms with Crippen LogP contribution in [0.2, 0.25) is 5.02 Å². The minimum atomic E-state index is -0.932. The summed E-state index contributed by atoms with van der Waals surface area (Å²) in [6.07, 6.45) is -0.107. The van der Waals surface area contributed by atoms with E-state index in [1.807, 2.05) is 13.8 Å². The summed E-state index contributed by atoms with van der Waals surface area (Å²) in [6.45, 7) is 4.51. The van der Waals surface area contributed by atoms with Crippen molar-refractivity contribution in [2.45, 2.75) is 38.8 Å². The molecule has 0 amide bonds. The highest BCUT2D eigenvalue weighted by molar-refractivity contribution is 6.31. The molecule has 0 aliphatic rings. The SMILES string of the molecule is CCCNC(CC(=O)O)C(O)c1ccc(Cl)c(C)c1. The van der Waals surface area contributed by atoms with Gasteiger partial charge in [0.1, 0.15) is 0 Å². The number of nitrogens with one attached hydrogen (secondary N) is 1. The fraction of sp³-hybridized carbons (Fsp3) is 0.500. The van der Waals surface area contributed by atoms with Crippen molar-refractivity contribution in [3.63, 3.8) is 0 Å². The van der Waals surface area contributed by atoms with Gasteiger partial charge in [0.15, 0.2) is 0 Å². The van der Waals surface area contributed by atoms with Gasteiger partial charge < -0.3 is 15.5 Å². The minimum Gasteiger partial charge on any atom is -0.481 e. The molecule has 0 aliphatic carbocycles. The molecule has 106 valence electrons. The van der Waals surface area contributed by atoms with E-state index in [1.54, 1.807) is 18.2 Å². The van der Waals surface area contributed by atoms with Crippen LogP contribution in [0.3, 0.4) is 0 Å². The van der Waals surface area contributed by atoms with Crippen molar-refractivity contribution in [3.05, 3.63) is 34.3 Å². The Morgan fingerprint density at radius 2 is 2.16 bits per heavy atom. The number of carboxylic acid groups (broad SMARTS) is 1. The van der Waals surface area contributed by atoms with Crippen molar-refractivity contribution in [3.8, 4) is 0 Å². The number of aliphatic carboxylic acids is 1. The fourth-order valence-corrected chi connectivity index (χ4v) is 2.02. The standard InChI is InChI=1S/C14H20ClNO3/c1-3-6-16-12(8-13(17)18)14(19)10-4-5-11(15)9(2)7-10/h4-5,7,12,14,16,19H,3,6,8H2,1-2H3,(H,17,18). The quantitative estimate of drug-likeness (QED) is 0.720. The molecule has 0 aromatic heterocycles. The summed E-state index contributed by atoms with van der Waals surface area (Å²) in [4.78, 5) is 10.9. The van der Waals surface area contributed by atoms with Gasteiger partial charge in [-0.1, -0.05) is 30.7 Å². The van der Waals surface area contributed by atoms with Crippen LogP contribution in [0.5, 0.6) is 0 Å². The molecule has 1 rings (SSSR count). The third kappa shape index (κ3) is 4.82. The number of hydrogen-bond acceptors (Lipinski definition) is 3. The Labute approximate surface area is 118 Å². The molecule has 4 nitrogen and oxygen atoms in total. The highest BCUT2D eigenvalue weighted by atomic mass is 35.5. The molecule has 2 atom stereocenters. The molecule has 19 heavy (non-hydrogen) atoms. The first kappa shape index (κ1) is 16.0. The number of aliphatic hydroxyl groups excluding tert-OH is 1. The lowest BCUT2D eigenvalue weighted by Crippen LogP contribution is -2.37. The van der Waals surface area contributed by atoms with Crippen LogP contribution in [0.25, 0.3) is 0 Å². The maximum atomic E-state index is 10.9. The first-order valence-electron chi connectivity index (χ1n) is 6.35. The zero-order chi connectivity index (χ0) is 14.4. The Morgan fingerprint density at radius 1 is 1.47 bits per heavy atom. The Morgan fingerprint density at radius 3 is 2.68 bits per heavy atom. The van der Waals surface area contributed by atoms with Gasteiger partial charge in [-0.05, 0) is 37.1 Å². The molecular weight excluding hydrogens is 266 g/mol. The topological polar surface area (TPSA) is 69.6 Å². The summed E-state index contributed by atoms with van der Waals surface area (Å²) in [5, 5.41) is 22.9. The highest BCUT2D eigenvalue weighted by Crippen LogP contribution is 2.24. The molecule has 0 saturated carbocycles. The Balaban J connectivity index is 2.86. The number of benzene rings is 1. The van der Waals surface area contributed by atoms with Crippen LogP contribution in [0.15, 0.2) is 18.2 Å². The van der Waals surface area contributed by atoms with Gasteiger partial charge in [-0.25, -0.2) is 0 Å². The average molecular weight is 286 g/mol. The van der Waals surface area contributed by atoms with Gasteiger partial charge in [-0.3, -0.25) is 4.79 Å². The number of halogens is 1. The molecule has 0 radical (unpaired) electrons. The van der Waals surface area contributed by atoms with Gasteiger partial charge >= 0.3 is 5.97 Å². The Kier molecular flexibility index (Phi) is 6.28. The first-order valence-corrected chi connectivity index (χ1v) is 6.72. The number of aryl methyl sites for hydroxylation is 1. The van der Waals surface area contributed by atoms with Gasteiger partial charge in [0.25, 0.3) is 0 Å². The Bertz CT molecular complexity index is 437. The molecule has 0 spiro atoms. The third-order valence-electron chi connectivity index (χ3n) is 2.96. The van der Waals surface area contributed by atoms with Gasteiger partial charge in [0.05, 0.1) is 12.5 Å². The molecule has 1 aromatic rings. The molecule has 1 aromatic carbocycles. The van der Waals surface area contributed by atoms with Crippen molar-refractivity contribution in [1.82, 2.24) is 5.32 Å². The second-order valence-electron chi connectivity index (χ2n) is 4.61. The van der Waals surface area contributed by atoms with Crippen molar-refractivity contribution < 1.29 is 15.0 Å². The molecular formula is C14H20ClNO3. The summed E-state index contributed by atoms with van der Waals surface area (Å²) < 4.78 is 0. The molecule has 3 N–H and O–H groups in total. The van der Waals surface area contributed by atoms with Crippen LogP contribution in [0, 0.1) is 6.92 Å².